The lowest BCUT2D eigenvalue weighted by molar-refractivity contribution is -0.141. The van der Waals surface area contributed by atoms with Crippen LogP contribution < -0.4 is 15.5 Å². The zero-order valence-electron chi connectivity index (χ0n) is 24.0. The Bertz CT molecular complexity index is 1310. The molecule has 1 saturated heterocycles. The number of nitrogens with zero attached hydrogens (tertiary/aromatic N) is 3. The Hall–Kier alpha value is -3.60. The molecule has 2 amide bonds. The number of carbonyl (C=O) groups is 2. The number of rotatable bonds is 11. The van der Waals surface area contributed by atoms with E-state index in [2.05, 4.69) is 38.9 Å². The average molecular weight is 590 g/mol. The molecule has 0 saturated carbocycles. The number of unbranched alkanes of at least 4 members (excludes halogenated alkanes) is 2. The Morgan fingerprint density at radius 2 is 1.85 bits per heavy atom. The number of aryl methyl sites for hydroxylation is 1. The van der Waals surface area contributed by atoms with Crippen molar-refractivity contribution in [1.82, 2.24) is 15.2 Å². The maximum Gasteiger partial charge on any atom is 0.435 e. The van der Waals surface area contributed by atoms with E-state index in [1.165, 1.54) is 13.0 Å². The highest BCUT2D eigenvalue weighted by Crippen LogP contribution is 2.36. The lowest BCUT2D eigenvalue weighted by atomic mass is 10.1. The van der Waals surface area contributed by atoms with E-state index in [4.69, 9.17) is 0 Å². The Labute approximate surface area is 243 Å². The van der Waals surface area contributed by atoms with Gasteiger partial charge in [-0.1, -0.05) is 44.6 Å². The number of halogens is 3. The molecular formula is C30H38F3N5O2S. The topological polar surface area (TPSA) is 77.6 Å². The first-order chi connectivity index (χ1) is 19.5. The van der Waals surface area contributed by atoms with Crippen LogP contribution in [0.15, 0.2) is 54.3 Å². The number of amides is 2. The lowest BCUT2D eigenvalue weighted by Gasteiger charge is -2.39. The molecule has 0 unspecified atom stereocenters. The number of alkyl halides is 3. The van der Waals surface area contributed by atoms with Crippen LogP contribution in [0.2, 0.25) is 0 Å². The molecule has 1 fully saturated rings. The van der Waals surface area contributed by atoms with Crippen LogP contribution in [0.4, 0.5) is 24.5 Å². The van der Waals surface area contributed by atoms with Crippen LogP contribution in [0, 0.1) is 6.92 Å². The summed E-state index contributed by atoms with van der Waals surface area (Å²) < 4.78 is 40.8. The normalized spacial score (nSPS) is 14.5. The summed E-state index contributed by atoms with van der Waals surface area (Å²) in [4.78, 5) is 33.3. The minimum absolute atomic E-state index is 0.137. The van der Waals surface area contributed by atoms with Crippen LogP contribution in [-0.4, -0.2) is 54.4 Å². The third-order valence-electron chi connectivity index (χ3n) is 6.78. The second-order valence-corrected chi connectivity index (χ2v) is 11.1. The Kier molecular flexibility index (Phi) is 11.2. The number of piperazine rings is 1. The number of carbonyl (C=O) groups excluding carboxylic acids is 2. The SMILES string of the molecule is C=C(/C(C)=C\C=C/C)N1CCN(c2ccc(C(=O)NCCCCC)cc2NC(=O)c2sc(C)nc2C(F)(F)F)CC1. The molecule has 0 atom stereocenters. The first-order valence-corrected chi connectivity index (χ1v) is 14.5. The summed E-state index contributed by atoms with van der Waals surface area (Å²) in [5.41, 5.74) is 1.98. The van der Waals surface area contributed by atoms with Gasteiger partial charge in [0.05, 0.1) is 16.4 Å². The molecule has 3 rings (SSSR count). The van der Waals surface area contributed by atoms with Crippen molar-refractivity contribution in [2.45, 2.75) is 53.1 Å². The summed E-state index contributed by atoms with van der Waals surface area (Å²) in [5, 5.41) is 5.67. The van der Waals surface area contributed by atoms with E-state index in [1.807, 2.05) is 32.1 Å². The second-order valence-electron chi connectivity index (χ2n) is 9.85. The number of hydrogen-bond acceptors (Lipinski definition) is 6. The van der Waals surface area contributed by atoms with Gasteiger partial charge in [-0.3, -0.25) is 9.59 Å². The number of thiazole rings is 1. The minimum Gasteiger partial charge on any atom is -0.368 e. The van der Waals surface area contributed by atoms with Crippen molar-refractivity contribution in [1.29, 1.82) is 0 Å². The largest absolute Gasteiger partial charge is 0.435 e. The fourth-order valence-corrected chi connectivity index (χ4v) is 5.32. The van der Waals surface area contributed by atoms with E-state index >= 15 is 0 Å². The van der Waals surface area contributed by atoms with Crippen molar-refractivity contribution in [3.8, 4) is 0 Å². The minimum atomic E-state index is -4.77. The van der Waals surface area contributed by atoms with E-state index in [0.717, 1.165) is 30.5 Å². The zero-order chi connectivity index (χ0) is 30.2. The molecule has 7 nitrogen and oxygen atoms in total. The average Bonchev–Trinajstić information content (AvgIpc) is 3.36. The third-order valence-corrected chi connectivity index (χ3v) is 7.75. The molecule has 1 aromatic carbocycles. The molecule has 1 aliphatic rings. The monoisotopic (exact) mass is 589 g/mol. The van der Waals surface area contributed by atoms with Crippen LogP contribution in [-0.2, 0) is 6.18 Å². The van der Waals surface area contributed by atoms with E-state index < -0.39 is 22.7 Å². The van der Waals surface area contributed by atoms with Gasteiger partial charge in [-0.25, -0.2) is 4.98 Å². The number of anilines is 2. The molecular weight excluding hydrogens is 551 g/mol. The number of allylic oxidation sites excluding steroid dienone is 4. The molecule has 0 radical (unpaired) electrons. The number of nitrogens with one attached hydrogen (secondary N) is 2. The Morgan fingerprint density at radius 1 is 1.15 bits per heavy atom. The zero-order valence-corrected chi connectivity index (χ0v) is 24.8. The summed E-state index contributed by atoms with van der Waals surface area (Å²) in [7, 11) is 0. The lowest BCUT2D eigenvalue weighted by Crippen LogP contribution is -2.46. The highest BCUT2D eigenvalue weighted by molar-refractivity contribution is 7.13. The molecule has 41 heavy (non-hydrogen) atoms. The number of benzene rings is 1. The standard InChI is InChI=1S/C30H38F3N5O2S/c1-6-8-10-14-34-28(39)23-12-13-25(38-17-15-37(16-18-38)21(4)20(3)11-9-7-2)24(19-23)36-29(40)26-27(30(31,32)33)35-22(5)41-26/h7,9,11-13,19H,4,6,8,10,14-18H2,1-3,5H3,(H,34,39)(H,36,40)/b9-7-,20-11-. The summed E-state index contributed by atoms with van der Waals surface area (Å²) >= 11 is 0.685. The van der Waals surface area contributed by atoms with Gasteiger partial charge in [-0.15, -0.1) is 11.3 Å². The fourth-order valence-electron chi connectivity index (χ4n) is 4.49. The summed E-state index contributed by atoms with van der Waals surface area (Å²) in [6.07, 6.45) is 3.99. The number of hydrogen-bond donors (Lipinski definition) is 2. The first kappa shape index (κ1) is 31.9. The summed E-state index contributed by atoms with van der Waals surface area (Å²) in [6, 6.07) is 4.94. The molecule has 2 heterocycles. The maximum absolute atomic E-state index is 13.6. The third kappa shape index (κ3) is 8.45. The highest BCUT2D eigenvalue weighted by atomic mass is 32.1. The first-order valence-electron chi connectivity index (χ1n) is 13.7. The molecule has 1 aromatic heterocycles. The van der Waals surface area contributed by atoms with Crippen molar-refractivity contribution in [2.24, 2.45) is 0 Å². The molecule has 2 aromatic rings. The van der Waals surface area contributed by atoms with Crippen molar-refractivity contribution in [3.05, 3.63) is 75.4 Å². The highest BCUT2D eigenvalue weighted by Gasteiger charge is 2.39. The van der Waals surface area contributed by atoms with E-state index in [-0.39, 0.29) is 16.6 Å². The van der Waals surface area contributed by atoms with Crippen LogP contribution in [0.1, 0.15) is 70.8 Å². The molecule has 11 heteroatoms. The molecule has 0 aliphatic carbocycles. The van der Waals surface area contributed by atoms with Crippen LogP contribution in [0.3, 0.4) is 0 Å². The van der Waals surface area contributed by atoms with Gasteiger partial charge in [0.25, 0.3) is 11.8 Å². The molecule has 222 valence electrons. The van der Waals surface area contributed by atoms with Gasteiger partial charge in [-0.05, 0) is 51.0 Å². The molecule has 0 bridgehead atoms. The molecule has 0 spiro atoms. The molecule has 1 aliphatic heterocycles. The van der Waals surface area contributed by atoms with Crippen molar-refractivity contribution < 1.29 is 22.8 Å². The summed E-state index contributed by atoms with van der Waals surface area (Å²) in [6.45, 7) is 14.7. The van der Waals surface area contributed by atoms with Gasteiger partial charge in [0.15, 0.2) is 5.69 Å². The van der Waals surface area contributed by atoms with Crippen LogP contribution >= 0.6 is 11.3 Å². The molecule has 2 N–H and O–H groups in total. The van der Waals surface area contributed by atoms with Gasteiger partial charge < -0.3 is 20.4 Å². The predicted octanol–water partition coefficient (Wildman–Crippen LogP) is 6.80. The van der Waals surface area contributed by atoms with E-state index in [0.29, 0.717) is 55.3 Å². The maximum atomic E-state index is 13.6. The van der Waals surface area contributed by atoms with Gasteiger partial charge in [0, 0.05) is 44.0 Å². The number of aromatic nitrogens is 1. The van der Waals surface area contributed by atoms with E-state index in [9.17, 15) is 22.8 Å². The Morgan fingerprint density at radius 3 is 2.49 bits per heavy atom. The van der Waals surface area contributed by atoms with Gasteiger partial charge in [-0.2, -0.15) is 13.2 Å². The van der Waals surface area contributed by atoms with Crippen molar-refractivity contribution >= 4 is 34.5 Å². The fraction of sp³-hybridized carbons (Fsp3) is 0.433. The van der Waals surface area contributed by atoms with Gasteiger partial charge in [0.1, 0.15) is 4.88 Å². The van der Waals surface area contributed by atoms with Crippen LogP contribution in [0.25, 0.3) is 0 Å². The van der Waals surface area contributed by atoms with Crippen LogP contribution in [0.5, 0.6) is 0 Å². The second kappa shape index (κ2) is 14.3. The predicted molar refractivity (Wildman–Crippen MR) is 160 cm³/mol. The smallest absolute Gasteiger partial charge is 0.368 e. The van der Waals surface area contributed by atoms with Crippen molar-refractivity contribution in [2.75, 3.05) is 42.9 Å². The van der Waals surface area contributed by atoms with Crippen molar-refractivity contribution in [3.63, 3.8) is 0 Å². The van der Waals surface area contributed by atoms with Gasteiger partial charge in [0.2, 0.25) is 0 Å². The quantitative estimate of drug-likeness (QED) is 0.223. The van der Waals surface area contributed by atoms with E-state index in [1.54, 1.807) is 12.1 Å². The summed E-state index contributed by atoms with van der Waals surface area (Å²) in [5.74, 6) is -1.22. The Balaban J connectivity index is 1.87. The van der Waals surface area contributed by atoms with Gasteiger partial charge >= 0.3 is 6.18 Å².